The van der Waals surface area contributed by atoms with Gasteiger partial charge in [-0.05, 0) is 69.8 Å². The summed E-state index contributed by atoms with van der Waals surface area (Å²) in [6, 6.07) is 0. The quantitative estimate of drug-likeness (QED) is 0.0301. The van der Waals surface area contributed by atoms with Gasteiger partial charge in [-0.25, -0.2) is 4.79 Å². The van der Waals surface area contributed by atoms with Crippen molar-refractivity contribution in [3.63, 3.8) is 0 Å². The minimum absolute atomic E-state index is 0.0106. The molecule has 0 bridgehead atoms. The van der Waals surface area contributed by atoms with E-state index < -0.39 is 12.1 Å². The zero-order chi connectivity index (χ0) is 31.0. The first kappa shape index (κ1) is 37.6. The van der Waals surface area contributed by atoms with Crippen molar-refractivity contribution in [3.8, 4) is 0 Å². The van der Waals surface area contributed by atoms with E-state index >= 15 is 0 Å². The van der Waals surface area contributed by atoms with Crippen molar-refractivity contribution in [2.75, 3.05) is 13.6 Å². The third kappa shape index (κ3) is 21.1. The largest absolute Gasteiger partial charge is 0.478 e. The molecule has 5 N–H and O–H groups in total. The SMILES string of the molecule is C\C(=C/C=C/C=C/C=C/C=C/C(C)C(O)/C(C)=C/C(C)CCC/C=C/C(C)C/C=C/CCCN(C)C(=N)N)C(=O)O. The number of nitrogens with one attached hydrogen (secondary N) is 1. The number of aliphatic hydroxyl groups excluding tert-OH is 1. The molecular formula is C35H55N3O3. The predicted octanol–water partition coefficient (Wildman–Crippen LogP) is 7.74. The van der Waals surface area contributed by atoms with Crippen molar-refractivity contribution in [3.05, 3.63) is 96.2 Å². The summed E-state index contributed by atoms with van der Waals surface area (Å²) in [5.41, 5.74) is 6.75. The molecule has 0 amide bonds. The first-order valence-electron chi connectivity index (χ1n) is 14.8. The fourth-order valence-corrected chi connectivity index (χ4v) is 3.94. The number of carboxylic acids is 1. The summed E-state index contributed by atoms with van der Waals surface area (Å²) in [6.07, 6.45) is 33.6. The van der Waals surface area contributed by atoms with Crippen LogP contribution < -0.4 is 5.73 Å². The molecule has 0 fully saturated rings. The smallest absolute Gasteiger partial charge is 0.331 e. The van der Waals surface area contributed by atoms with Crippen molar-refractivity contribution in [2.24, 2.45) is 23.5 Å². The molecule has 0 aromatic heterocycles. The van der Waals surface area contributed by atoms with Crippen molar-refractivity contribution < 1.29 is 15.0 Å². The number of nitrogens with two attached hydrogens (primary N) is 1. The van der Waals surface area contributed by atoms with Crippen LogP contribution in [0.1, 0.15) is 73.1 Å². The number of aliphatic hydroxyl groups is 1. The first-order valence-corrected chi connectivity index (χ1v) is 14.8. The maximum absolute atomic E-state index is 10.7. The number of guanidine groups is 1. The van der Waals surface area contributed by atoms with Gasteiger partial charge in [0.1, 0.15) is 0 Å². The van der Waals surface area contributed by atoms with E-state index in [0.717, 1.165) is 50.6 Å². The van der Waals surface area contributed by atoms with Crippen LogP contribution in [0.5, 0.6) is 0 Å². The van der Waals surface area contributed by atoms with Gasteiger partial charge in [0.15, 0.2) is 5.96 Å². The van der Waals surface area contributed by atoms with Crippen molar-refractivity contribution in [1.29, 1.82) is 5.41 Å². The number of allylic oxidation sites excluding steroid dienone is 13. The van der Waals surface area contributed by atoms with E-state index in [9.17, 15) is 9.90 Å². The number of hydrogen-bond donors (Lipinski definition) is 4. The number of carboxylic acid groups (broad SMARTS) is 1. The van der Waals surface area contributed by atoms with Crippen LogP contribution in [-0.2, 0) is 4.79 Å². The average molecular weight is 566 g/mol. The number of hydrogen-bond acceptors (Lipinski definition) is 3. The summed E-state index contributed by atoms with van der Waals surface area (Å²) < 4.78 is 0. The Bertz CT molecular complexity index is 998. The highest BCUT2D eigenvalue weighted by molar-refractivity contribution is 5.86. The number of carbonyl (C=O) groups is 1. The van der Waals surface area contributed by atoms with Crippen LogP contribution in [0, 0.1) is 23.2 Å². The molecular weight excluding hydrogens is 510 g/mol. The summed E-state index contributed by atoms with van der Waals surface area (Å²) >= 11 is 0. The van der Waals surface area contributed by atoms with Crippen LogP contribution >= 0.6 is 0 Å². The Hall–Kier alpha value is -3.38. The Morgan fingerprint density at radius 2 is 1.49 bits per heavy atom. The molecule has 6 heteroatoms. The summed E-state index contributed by atoms with van der Waals surface area (Å²) in [6.45, 7) is 10.8. The molecule has 0 aliphatic heterocycles. The molecule has 0 spiro atoms. The monoisotopic (exact) mass is 565 g/mol. The van der Waals surface area contributed by atoms with Crippen LogP contribution in [0.4, 0.5) is 0 Å². The molecule has 228 valence electrons. The van der Waals surface area contributed by atoms with Crippen LogP contribution in [0.25, 0.3) is 0 Å². The van der Waals surface area contributed by atoms with Crippen LogP contribution in [0.3, 0.4) is 0 Å². The van der Waals surface area contributed by atoms with Crippen LogP contribution in [0.2, 0.25) is 0 Å². The lowest BCUT2D eigenvalue weighted by Gasteiger charge is -2.18. The Morgan fingerprint density at radius 1 is 0.878 bits per heavy atom. The lowest BCUT2D eigenvalue weighted by atomic mass is 9.93. The first-order chi connectivity index (χ1) is 19.5. The van der Waals surface area contributed by atoms with Gasteiger partial charge in [-0.2, -0.15) is 0 Å². The molecule has 0 aliphatic rings. The molecule has 4 atom stereocenters. The van der Waals surface area contributed by atoms with Gasteiger partial charge in [-0.15, -0.1) is 0 Å². The summed E-state index contributed by atoms with van der Waals surface area (Å²) in [4.78, 5) is 12.5. The Morgan fingerprint density at radius 3 is 2.12 bits per heavy atom. The second-order valence-electron chi connectivity index (χ2n) is 10.9. The molecule has 6 nitrogen and oxygen atoms in total. The lowest BCUT2D eigenvalue weighted by Crippen LogP contribution is -2.33. The third-order valence-electron chi connectivity index (χ3n) is 6.72. The van der Waals surface area contributed by atoms with Gasteiger partial charge in [0.25, 0.3) is 0 Å². The molecule has 0 rings (SSSR count). The fraction of sp³-hybridized carbons (Fsp3) is 0.486. The molecule has 0 saturated carbocycles. The molecule has 0 aliphatic carbocycles. The minimum atomic E-state index is -0.919. The van der Waals surface area contributed by atoms with Crippen LogP contribution in [-0.4, -0.2) is 46.7 Å². The number of aliphatic carboxylic acids is 1. The van der Waals surface area contributed by atoms with E-state index in [1.165, 1.54) is 0 Å². The summed E-state index contributed by atoms with van der Waals surface area (Å²) in [5, 5.41) is 26.9. The predicted molar refractivity (Wildman–Crippen MR) is 176 cm³/mol. The van der Waals surface area contributed by atoms with Gasteiger partial charge >= 0.3 is 5.97 Å². The van der Waals surface area contributed by atoms with E-state index in [-0.39, 0.29) is 11.9 Å². The van der Waals surface area contributed by atoms with Crippen molar-refractivity contribution >= 4 is 11.9 Å². The highest BCUT2D eigenvalue weighted by atomic mass is 16.4. The molecule has 0 heterocycles. The zero-order valence-corrected chi connectivity index (χ0v) is 26.2. The number of rotatable bonds is 20. The molecule has 0 radical (unpaired) electrons. The van der Waals surface area contributed by atoms with Crippen LogP contribution in [0.15, 0.2) is 96.2 Å². The minimum Gasteiger partial charge on any atom is -0.478 e. The number of unbranched alkanes of at least 4 members (excludes halogenated alkanes) is 2. The average Bonchev–Trinajstić information content (AvgIpc) is 2.92. The van der Waals surface area contributed by atoms with E-state index in [2.05, 4.69) is 44.2 Å². The highest BCUT2D eigenvalue weighted by Gasteiger charge is 2.13. The zero-order valence-electron chi connectivity index (χ0n) is 26.2. The molecule has 0 aromatic carbocycles. The second kappa shape index (κ2) is 23.3. The Kier molecular flexibility index (Phi) is 21.4. The van der Waals surface area contributed by atoms with E-state index in [1.807, 2.05) is 57.4 Å². The van der Waals surface area contributed by atoms with Gasteiger partial charge in [0, 0.05) is 25.1 Å². The Labute approximate surface area is 249 Å². The van der Waals surface area contributed by atoms with E-state index in [0.29, 0.717) is 17.4 Å². The number of nitrogens with zero attached hydrogens (tertiary/aromatic N) is 1. The second-order valence-corrected chi connectivity index (χ2v) is 10.9. The standard InChI is InChI=1S/C35H55N3O3/c1-28(21-15-12-13-20-26-38(6)35(36)37)22-16-14-17-23-29(2)27-32(5)33(39)30(3)24-18-10-8-7-9-11-19-25-31(4)34(40)41/h7-12,15-16,18-19,22,24-25,27-30,33,39H,13-14,17,20-21,23,26H2,1-6H3,(H3,36,37)(H,40,41)/b9-7+,10-8+,15-12+,19-11+,22-16+,24-18+,31-25+,32-27+. The van der Waals surface area contributed by atoms with Gasteiger partial charge in [0.2, 0.25) is 0 Å². The molecule has 0 saturated heterocycles. The van der Waals surface area contributed by atoms with Crippen molar-refractivity contribution in [1.82, 2.24) is 4.90 Å². The molecule has 41 heavy (non-hydrogen) atoms. The topological polar surface area (TPSA) is 111 Å². The summed E-state index contributed by atoms with van der Waals surface area (Å²) in [5.74, 6) is 0.156. The maximum Gasteiger partial charge on any atom is 0.331 e. The van der Waals surface area contributed by atoms with Gasteiger partial charge < -0.3 is 20.8 Å². The van der Waals surface area contributed by atoms with Gasteiger partial charge in [-0.1, -0.05) is 106 Å². The van der Waals surface area contributed by atoms with Crippen molar-refractivity contribution in [2.45, 2.75) is 79.2 Å². The van der Waals surface area contributed by atoms with E-state index in [1.54, 1.807) is 30.1 Å². The Balaban J connectivity index is 4.31. The van der Waals surface area contributed by atoms with E-state index in [4.69, 9.17) is 16.2 Å². The van der Waals surface area contributed by atoms with Gasteiger partial charge in [0.05, 0.1) is 6.10 Å². The van der Waals surface area contributed by atoms with Gasteiger partial charge in [-0.3, -0.25) is 5.41 Å². The highest BCUT2D eigenvalue weighted by Crippen LogP contribution is 2.19. The normalized spacial score (nSPS) is 16.6. The fourth-order valence-electron chi connectivity index (χ4n) is 3.94. The summed E-state index contributed by atoms with van der Waals surface area (Å²) in [7, 11) is 1.84. The molecule has 4 unspecified atom stereocenters. The third-order valence-corrected chi connectivity index (χ3v) is 6.72. The molecule has 0 aromatic rings. The maximum atomic E-state index is 10.7. The lowest BCUT2D eigenvalue weighted by molar-refractivity contribution is -0.132.